The van der Waals surface area contributed by atoms with Gasteiger partial charge in [-0.05, 0) is 44.7 Å². The highest BCUT2D eigenvalue weighted by Gasteiger charge is 2.42. The first-order valence-corrected chi connectivity index (χ1v) is 7.59. The van der Waals surface area contributed by atoms with Crippen molar-refractivity contribution in [3.8, 4) is 0 Å². The molecule has 1 fully saturated rings. The molecule has 0 saturated heterocycles. The van der Waals surface area contributed by atoms with Gasteiger partial charge >= 0.3 is 6.03 Å². The molecule has 0 heterocycles. The van der Waals surface area contributed by atoms with E-state index in [9.17, 15) is 9.59 Å². The van der Waals surface area contributed by atoms with E-state index in [-0.39, 0.29) is 11.4 Å². The van der Waals surface area contributed by atoms with Gasteiger partial charge in [0.05, 0.1) is 5.54 Å². The Labute approximate surface area is 130 Å². The molecule has 3 amide bonds. The Hall–Kier alpha value is -2.08. The average molecular weight is 304 g/mol. The lowest BCUT2D eigenvalue weighted by atomic mass is 9.95. The summed E-state index contributed by atoms with van der Waals surface area (Å²) in [6, 6.07) is 8.04. The number of hydrogen-bond acceptors (Lipinski definition) is 3. The quantitative estimate of drug-likeness (QED) is 0.640. The van der Waals surface area contributed by atoms with Gasteiger partial charge in [0.25, 0.3) is 0 Å². The largest absolute Gasteiger partial charge is 0.348 e. The number of benzene rings is 1. The van der Waals surface area contributed by atoms with Crippen molar-refractivity contribution >= 4 is 17.6 Å². The number of carbonyl (C=O) groups is 2. The molecule has 120 valence electrons. The van der Waals surface area contributed by atoms with Crippen LogP contribution in [0.2, 0.25) is 0 Å². The number of anilines is 1. The van der Waals surface area contributed by atoms with Crippen molar-refractivity contribution in [2.45, 2.75) is 38.3 Å². The number of carbonyl (C=O) groups excluding carboxylic acids is 2. The third-order valence-corrected chi connectivity index (χ3v) is 4.08. The highest BCUT2D eigenvalue weighted by molar-refractivity contribution is 5.93. The lowest BCUT2D eigenvalue weighted by molar-refractivity contribution is -0.124. The van der Waals surface area contributed by atoms with E-state index in [2.05, 4.69) is 16.0 Å². The first-order chi connectivity index (χ1) is 10.4. The molecule has 0 bridgehead atoms. The van der Waals surface area contributed by atoms with E-state index in [1.807, 2.05) is 25.1 Å². The van der Waals surface area contributed by atoms with Gasteiger partial charge in [-0.25, -0.2) is 4.79 Å². The number of nitrogens with one attached hydrogen (secondary N) is 3. The van der Waals surface area contributed by atoms with Gasteiger partial charge in [-0.2, -0.15) is 0 Å². The van der Waals surface area contributed by atoms with Crippen LogP contribution < -0.4 is 21.7 Å². The fourth-order valence-corrected chi connectivity index (χ4v) is 2.38. The topological polar surface area (TPSA) is 96.2 Å². The summed E-state index contributed by atoms with van der Waals surface area (Å²) in [5, 5.41) is 8.28. The van der Waals surface area contributed by atoms with Crippen molar-refractivity contribution in [3.05, 3.63) is 30.3 Å². The minimum atomic E-state index is -0.631. The van der Waals surface area contributed by atoms with Crippen molar-refractivity contribution in [1.82, 2.24) is 10.6 Å². The zero-order chi connectivity index (χ0) is 16.2. The Morgan fingerprint density at radius 2 is 1.95 bits per heavy atom. The van der Waals surface area contributed by atoms with E-state index in [0.717, 1.165) is 12.8 Å². The summed E-state index contributed by atoms with van der Waals surface area (Å²) in [6.45, 7) is 4.01. The Kier molecular flexibility index (Phi) is 5.03. The van der Waals surface area contributed by atoms with Crippen LogP contribution in [0.3, 0.4) is 0 Å². The lowest BCUT2D eigenvalue weighted by Gasteiger charge is -2.31. The fraction of sp³-hybridized carbons (Fsp3) is 0.500. The summed E-state index contributed by atoms with van der Waals surface area (Å²) in [7, 11) is 0. The SMILES string of the molecule is CC(NC(=O)Nc1ccccc1)C(=O)NC(C)(CN)C1CC1. The first kappa shape index (κ1) is 16.3. The molecule has 1 aromatic rings. The van der Waals surface area contributed by atoms with Crippen LogP contribution in [0.1, 0.15) is 26.7 Å². The van der Waals surface area contributed by atoms with Gasteiger partial charge < -0.3 is 21.7 Å². The van der Waals surface area contributed by atoms with Crippen LogP contribution in [0.15, 0.2) is 30.3 Å². The van der Waals surface area contributed by atoms with Gasteiger partial charge in [0.2, 0.25) is 5.91 Å². The normalized spacial score (nSPS) is 18.0. The van der Waals surface area contributed by atoms with Crippen LogP contribution in [0.5, 0.6) is 0 Å². The Bertz CT molecular complexity index is 530. The number of urea groups is 1. The van der Waals surface area contributed by atoms with Gasteiger partial charge in [0.15, 0.2) is 0 Å². The molecule has 0 spiro atoms. The lowest BCUT2D eigenvalue weighted by Crippen LogP contribution is -2.58. The minimum absolute atomic E-state index is 0.219. The molecule has 1 saturated carbocycles. The molecule has 6 nitrogen and oxygen atoms in total. The van der Waals surface area contributed by atoms with Gasteiger partial charge in [-0.1, -0.05) is 18.2 Å². The molecule has 6 heteroatoms. The van der Waals surface area contributed by atoms with Crippen LogP contribution >= 0.6 is 0 Å². The van der Waals surface area contributed by atoms with Crippen LogP contribution in [-0.4, -0.2) is 30.1 Å². The molecule has 1 aliphatic rings. The van der Waals surface area contributed by atoms with Crippen LogP contribution in [-0.2, 0) is 4.79 Å². The highest BCUT2D eigenvalue weighted by atomic mass is 16.2. The van der Waals surface area contributed by atoms with E-state index in [1.165, 1.54) is 0 Å². The van der Waals surface area contributed by atoms with E-state index >= 15 is 0 Å². The second-order valence-electron chi connectivity index (χ2n) is 6.07. The van der Waals surface area contributed by atoms with Crippen molar-refractivity contribution in [1.29, 1.82) is 0 Å². The first-order valence-electron chi connectivity index (χ1n) is 7.59. The van der Waals surface area contributed by atoms with Crippen molar-refractivity contribution in [3.63, 3.8) is 0 Å². The van der Waals surface area contributed by atoms with Crippen LogP contribution in [0, 0.1) is 5.92 Å². The standard InChI is InChI=1S/C16H24N4O2/c1-11(14(21)20-16(2,10-17)12-8-9-12)18-15(22)19-13-6-4-3-5-7-13/h3-7,11-12H,8-10,17H2,1-2H3,(H,20,21)(H2,18,19,22). The number of rotatable bonds is 6. The molecule has 2 atom stereocenters. The monoisotopic (exact) mass is 304 g/mol. The molecule has 1 aromatic carbocycles. The fourth-order valence-electron chi connectivity index (χ4n) is 2.38. The molecular formula is C16H24N4O2. The Morgan fingerprint density at radius 3 is 2.50 bits per heavy atom. The summed E-state index contributed by atoms with van der Waals surface area (Å²) >= 11 is 0. The number of para-hydroxylation sites is 1. The smallest absolute Gasteiger partial charge is 0.319 e. The molecule has 2 unspecified atom stereocenters. The average Bonchev–Trinajstić information content (AvgIpc) is 3.33. The maximum absolute atomic E-state index is 12.2. The van der Waals surface area contributed by atoms with Crippen molar-refractivity contribution in [2.24, 2.45) is 11.7 Å². The molecule has 0 aliphatic heterocycles. The third kappa shape index (κ3) is 4.21. The maximum atomic E-state index is 12.2. The van der Waals surface area contributed by atoms with Crippen molar-refractivity contribution in [2.75, 3.05) is 11.9 Å². The predicted molar refractivity (Wildman–Crippen MR) is 86.4 cm³/mol. The van der Waals surface area contributed by atoms with E-state index < -0.39 is 12.1 Å². The highest BCUT2D eigenvalue weighted by Crippen LogP contribution is 2.38. The maximum Gasteiger partial charge on any atom is 0.319 e. The molecule has 1 aliphatic carbocycles. The summed E-state index contributed by atoms with van der Waals surface area (Å²) in [6.07, 6.45) is 2.18. The second kappa shape index (κ2) is 6.79. The van der Waals surface area contributed by atoms with Gasteiger partial charge in [-0.3, -0.25) is 4.79 Å². The van der Waals surface area contributed by atoms with Crippen molar-refractivity contribution < 1.29 is 9.59 Å². The molecule has 0 radical (unpaired) electrons. The van der Waals surface area contributed by atoms with E-state index in [0.29, 0.717) is 18.2 Å². The molecular weight excluding hydrogens is 280 g/mol. The molecule has 2 rings (SSSR count). The Balaban J connectivity index is 1.84. The van der Waals surface area contributed by atoms with E-state index in [4.69, 9.17) is 5.73 Å². The minimum Gasteiger partial charge on any atom is -0.348 e. The zero-order valence-electron chi connectivity index (χ0n) is 13.1. The van der Waals surface area contributed by atoms with Crippen LogP contribution in [0.25, 0.3) is 0 Å². The molecule has 0 aromatic heterocycles. The predicted octanol–water partition coefficient (Wildman–Crippen LogP) is 1.44. The number of nitrogens with two attached hydrogens (primary N) is 1. The zero-order valence-corrected chi connectivity index (χ0v) is 13.1. The molecule has 5 N–H and O–H groups in total. The number of hydrogen-bond donors (Lipinski definition) is 4. The second-order valence-corrected chi connectivity index (χ2v) is 6.07. The number of amides is 3. The third-order valence-electron chi connectivity index (χ3n) is 4.08. The molecule has 22 heavy (non-hydrogen) atoms. The summed E-state index contributed by atoms with van der Waals surface area (Å²) in [5.41, 5.74) is 6.08. The van der Waals surface area contributed by atoms with Gasteiger partial charge in [-0.15, -0.1) is 0 Å². The van der Waals surface area contributed by atoms with Gasteiger partial charge in [0.1, 0.15) is 6.04 Å². The van der Waals surface area contributed by atoms with Crippen LogP contribution in [0.4, 0.5) is 10.5 Å². The van der Waals surface area contributed by atoms with Gasteiger partial charge in [0, 0.05) is 12.2 Å². The summed E-state index contributed by atoms with van der Waals surface area (Å²) < 4.78 is 0. The summed E-state index contributed by atoms with van der Waals surface area (Å²) in [4.78, 5) is 24.1. The Morgan fingerprint density at radius 1 is 1.32 bits per heavy atom. The summed E-state index contributed by atoms with van der Waals surface area (Å²) in [5.74, 6) is 0.217. The van der Waals surface area contributed by atoms with E-state index in [1.54, 1.807) is 19.1 Å².